The molecule has 4 heteroatoms. The number of halogens is 1. The fourth-order valence-corrected chi connectivity index (χ4v) is 4.00. The summed E-state index contributed by atoms with van der Waals surface area (Å²) in [6.07, 6.45) is 6.42. The summed E-state index contributed by atoms with van der Waals surface area (Å²) in [6, 6.07) is 7.91. The van der Waals surface area contributed by atoms with E-state index in [9.17, 15) is 4.79 Å². The third-order valence-electron chi connectivity index (χ3n) is 4.87. The maximum absolute atomic E-state index is 12.3. The maximum atomic E-state index is 12.3. The van der Waals surface area contributed by atoms with Gasteiger partial charge in [-0.15, -0.1) is 0 Å². The van der Waals surface area contributed by atoms with Gasteiger partial charge in [-0.05, 0) is 56.8 Å². The first-order valence-electron chi connectivity index (χ1n) is 8.02. The Morgan fingerprint density at radius 2 is 2.00 bits per heavy atom. The van der Waals surface area contributed by atoms with Crippen molar-refractivity contribution in [1.82, 2.24) is 10.2 Å². The maximum Gasteiger partial charge on any atom is 0.252 e. The van der Waals surface area contributed by atoms with Crippen molar-refractivity contribution in [3.05, 3.63) is 34.9 Å². The zero-order valence-corrected chi connectivity index (χ0v) is 13.1. The molecule has 0 saturated carbocycles. The molecule has 0 aliphatic carbocycles. The molecular weight excluding hydrogens is 284 g/mol. The number of hydrogen-bond acceptors (Lipinski definition) is 2. The number of benzene rings is 1. The van der Waals surface area contributed by atoms with Crippen LogP contribution in [0.5, 0.6) is 0 Å². The largest absolute Gasteiger partial charge is 0.352 e. The summed E-state index contributed by atoms with van der Waals surface area (Å²) in [6.45, 7) is 3.24. The third-order valence-corrected chi connectivity index (χ3v) is 5.20. The number of nitrogens with one attached hydrogen (secondary N) is 1. The Morgan fingerprint density at radius 1 is 1.19 bits per heavy atom. The van der Waals surface area contributed by atoms with E-state index in [4.69, 9.17) is 11.6 Å². The average molecular weight is 307 g/mol. The van der Waals surface area contributed by atoms with Crippen LogP contribution in [0, 0.1) is 5.92 Å². The minimum absolute atomic E-state index is 0.0477. The highest BCUT2D eigenvalue weighted by Crippen LogP contribution is 2.30. The van der Waals surface area contributed by atoms with E-state index in [0.29, 0.717) is 22.5 Å². The second-order valence-corrected chi connectivity index (χ2v) is 6.60. The van der Waals surface area contributed by atoms with Gasteiger partial charge in [-0.3, -0.25) is 4.79 Å². The minimum atomic E-state index is -0.0477. The third kappa shape index (κ3) is 3.41. The van der Waals surface area contributed by atoms with Crippen molar-refractivity contribution < 1.29 is 4.79 Å². The Morgan fingerprint density at radius 3 is 2.86 bits per heavy atom. The number of nitrogens with zero attached hydrogens (tertiary/aromatic N) is 1. The number of carbonyl (C=O) groups is 1. The molecule has 0 aromatic heterocycles. The predicted octanol–water partition coefficient (Wildman–Crippen LogP) is 3.33. The van der Waals surface area contributed by atoms with Gasteiger partial charge in [0.15, 0.2) is 0 Å². The minimum Gasteiger partial charge on any atom is -0.352 e. The van der Waals surface area contributed by atoms with Gasteiger partial charge >= 0.3 is 0 Å². The molecule has 1 aromatic rings. The number of carbonyl (C=O) groups excluding carboxylic acids is 1. The second-order valence-electron chi connectivity index (χ2n) is 6.19. The van der Waals surface area contributed by atoms with Crippen LogP contribution in [0.4, 0.5) is 0 Å². The number of hydrogen-bond donors (Lipinski definition) is 1. The van der Waals surface area contributed by atoms with Gasteiger partial charge in [-0.2, -0.15) is 0 Å². The van der Waals surface area contributed by atoms with Crippen LogP contribution >= 0.6 is 11.6 Å². The van der Waals surface area contributed by atoms with Crippen LogP contribution in [0.25, 0.3) is 0 Å². The lowest BCUT2D eigenvalue weighted by Gasteiger charge is -2.44. The normalized spacial score (nSPS) is 26.1. The first-order valence-corrected chi connectivity index (χ1v) is 8.40. The fourth-order valence-electron chi connectivity index (χ4n) is 3.78. The monoisotopic (exact) mass is 306 g/mol. The van der Waals surface area contributed by atoms with E-state index >= 15 is 0 Å². The Balaban J connectivity index is 1.59. The Kier molecular flexibility index (Phi) is 4.81. The number of amides is 1. The molecule has 2 aliphatic heterocycles. The molecule has 0 bridgehead atoms. The van der Waals surface area contributed by atoms with Crippen molar-refractivity contribution >= 4 is 17.5 Å². The van der Waals surface area contributed by atoms with Crippen molar-refractivity contribution in [2.24, 2.45) is 5.92 Å². The summed E-state index contributed by atoms with van der Waals surface area (Å²) in [5, 5.41) is 3.62. The number of rotatable bonds is 3. The Hall–Kier alpha value is -1.06. The highest BCUT2D eigenvalue weighted by molar-refractivity contribution is 6.33. The lowest BCUT2D eigenvalue weighted by atomic mass is 9.83. The van der Waals surface area contributed by atoms with Crippen LogP contribution in [-0.4, -0.2) is 36.5 Å². The van der Waals surface area contributed by atoms with Crippen molar-refractivity contribution in [3.8, 4) is 0 Å². The van der Waals surface area contributed by atoms with Gasteiger partial charge in [0.05, 0.1) is 10.6 Å². The molecule has 2 fully saturated rings. The molecule has 3 rings (SSSR count). The van der Waals surface area contributed by atoms with E-state index in [1.807, 2.05) is 12.1 Å². The lowest BCUT2D eigenvalue weighted by molar-refractivity contribution is 0.0575. The molecule has 1 aromatic carbocycles. The molecule has 114 valence electrons. The summed E-state index contributed by atoms with van der Waals surface area (Å²) >= 11 is 6.08. The summed E-state index contributed by atoms with van der Waals surface area (Å²) in [5.74, 6) is 0.541. The molecule has 0 spiro atoms. The van der Waals surface area contributed by atoms with E-state index in [0.717, 1.165) is 6.54 Å². The molecule has 2 heterocycles. The molecule has 0 unspecified atom stereocenters. The van der Waals surface area contributed by atoms with Gasteiger partial charge in [-0.1, -0.05) is 30.2 Å². The van der Waals surface area contributed by atoms with Crippen LogP contribution < -0.4 is 5.32 Å². The molecule has 2 aliphatic rings. The zero-order chi connectivity index (χ0) is 14.7. The summed E-state index contributed by atoms with van der Waals surface area (Å²) in [5.41, 5.74) is 0.579. The predicted molar refractivity (Wildman–Crippen MR) is 85.7 cm³/mol. The highest BCUT2D eigenvalue weighted by Gasteiger charge is 2.32. The van der Waals surface area contributed by atoms with Crippen LogP contribution in [0.2, 0.25) is 5.02 Å². The second kappa shape index (κ2) is 6.80. The van der Waals surface area contributed by atoms with Crippen molar-refractivity contribution in [2.75, 3.05) is 19.6 Å². The first kappa shape index (κ1) is 14.9. The smallest absolute Gasteiger partial charge is 0.252 e. The number of piperidine rings is 2. The van der Waals surface area contributed by atoms with Gasteiger partial charge in [0.1, 0.15) is 0 Å². The quantitative estimate of drug-likeness (QED) is 0.929. The molecule has 3 nitrogen and oxygen atoms in total. The Labute approximate surface area is 131 Å². The standard InChI is InChI=1S/C17H23ClN2O/c18-15-8-2-1-7-14(15)17(21)19-12-13-6-5-11-20-10-4-3-9-16(13)20/h1-2,7-8,13,16H,3-6,9-12H2,(H,19,21)/t13-,16+/m1/s1. The molecule has 0 radical (unpaired) electrons. The van der Waals surface area contributed by atoms with Crippen LogP contribution in [0.3, 0.4) is 0 Å². The number of fused-ring (bicyclic) bond motifs is 1. The van der Waals surface area contributed by atoms with Gasteiger partial charge in [0, 0.05) is 12.6 Å². The van der Waals surface area contributed by atoms with Crippen LogP contribution in [-0.2, 0) is 0 Å². The summed E-state index contributed by atoms with van der Waals surface area (Å²) in [4.78, 5) is 14.9. The molecule has 2 atom stereocenters. The van der Waals surface area contributed by atoms with Crippen molar-refractivity contribution in [2.45, 2.75) is 38.1 Å². The molecule has 2 saturated heterocycles. The van der Waals surface area contributed by atoms with Crippen molar-refractivity contribution in [1.29, 1.82) is 0 Å². The van der Waals surface area contributed by atoms with Crippen molar-refractivity contribution in [3.63, 3.8) is 0 Å². The van der Waals surface area contributed by atoms with Gasteiger partial charge < -0.3 is 10.2 Å². The van der Waals surface area contributed by atoms with E-state index in [2.05, 4.69) is 10.2 Å². The molecule has 21 heavy (non-hydrogen) atoms. The van der Waals surface area contributed by atoms with Gasteiger partial charge in [0.25, 0.3) is 5.91 Å². The average Bonchev–Trinajstić information content (AvgIpc) is 2.53. The van der Waals surface area contributed by atoms with Gasteiger partial charge in [0.2, 0.25) is 0 Å². The summed E-state index contributed by atoms with van der Waals surface area (Å²) < 4.78 is 0. The van der Waals surface area contributed by atoms with Gasteiger partial charge in [-0.25, -0.2) is 0 Å². The first-order chi connectivity index (χ1) is 10.3. The highest BCUT2D eigenvalue weighted by atomic mass is 35.5. The van der Waals surface area contributed by atoms with E-state index < -0.39 is 0 Å². The molecule has 1 amide bonds. The SMILES string of the molecule is O=C(NC[C@H]1CCCN2CCCC[C@@H]12)c1ccccc1Cl. The summed E-state index contributed by atoms with van der Waals surface area (Å²) in [7, 11) is 0. The van der Waals surface area contributed by atoms with E-state index in [-0.39, 0.29) is 5.91 Å². The lowest BCUT2D eigenvalue weighted by Crippen LogP contribution is -2.51. The molecule has 1 N–H and O–H groups in total. The van der Waals surface area contributed by atoms with Crippen LogP contribution in [0.1, 0.15) is 42.5 Å². The van der Waals surface area contributed by atoms with Crippen LogP contribution in [0.15, 0.2) is 24.3 Å². The topological polar surface area (TPSA) is 32.3 Å². The zero-order valence-electron chi connectivity index (χ0n) is 12.4. The Bertz CT molecular complexity index is 503. The fraction of sp³-hybridized carbons (Fsp3) is 0.588. The van der Waals surface area contributed by atoms with E-state index in [1.54, 1.807) is 12.1 Å². The molecular formula is C17H23ClN2O. The van der Waals surface area contributed by atoms with E-state index in [1.165, 1.54) is 45.2 Å².